The Balaban J connectivity index is 3.18. The molecular weight excluding hydrogens is 172 g/mol. The first-order valence-corrected chi connectivity index (χ1v) is 2.79. The van der Waals surface area contributed by atoms with Crippen LogP contribution in [0.3, 0.4) is 0 Å². The van der Waals surface area contributed by atoms with Crippen molar-refractivity contribution < 1.29 is 4.79 Å². The lowest BCUT2D eigenvalue weighted by Crippen LogP contribution is -2.29. The Morgan fingerprint density at radius 1 is 1.88 bits per heavy atom. The quantitative estimate of drug-likeness (QED) is 0.639. The van der Waals surface area contributed by atoms with Gasteiger partial charge in [0.2, 0.25) is 0 Å². The number of hydrogen-bond donors (Lipinski definition) is 2. The summed E-state index contributed by atoms with van der Waals surface area (Å²) in [4.78, 5) is 9.95. The summed E-state index contributed by atoms with van der Waals surface area (Å²) in [6.45, 7) is 3.86. The van der Waals surface area contributed by atoms with E-state index in [1.54, 1.807) is 0 Å². The predicted molar refractivity (Wildman–Crippen MR) is 35.7 cm³/mol. The highest BCUT2D eigenvalue weighted by Crippen LogP contribution is 1.95. The maximum atomic E-state index is 9.95. The predicted octanol–water partition coefficient (Wildman–Crippen LogP) is 0.563. The lowest BCUT2D eigenvalue weighted by Gasteiger charge is -1.95. The molecule has 0 aliphatic rings. The molecule has 0 spiro atoms. The summed E-state index contributed by atoms with van der Waals surface area (Å²) >= 11 is 3.04. The number of nitrogens with two attached hydrogens (primary N) is 1. The van der Waals surface area contributed by atoms with E-state index in [0.717, 1.165) is 0 Å². The molecule has 0 fully saturated rings. The number of rotatable bonds is 2. The molecule has 0 aliphatic heterocycles. The average molecular weight is 179 g/mol. The van der Waals surface area contributed by atoms with Crippen LogP contribution in [0.15, 0.2) is 11.1 Å². The third kappa shape index (κ3) is 5.49. The number of carbonyl (C=O) groups excluding carboxylic acids is 1. The summed E-state index contributed by atoms with van der Waals surface area (Å²) < 4.78 is 0.705. The van der Waals surface area contributed by atoms with Gasteiger partial charge >= 0.3 is 6.03 Å². The second-order valence-electron chi connectivity index (χ2n) is 1.24. The molecule has 0 aromatic carbocycles. The number of primary amides is 1. The first-order valence-electron chi connectivity index (χ1n) is 1.99. The standard InChI is InChI=1S/C4H7BrN2O/c1-3(5)2-7-4(6)8/h1-2H2,(H3,6,7,8). The minimum atomic E-state index is -0.536. The third-order valence-electron chi connectivity index (χ3n) is 0.454. The van der Waals surface area contributed by atoms with Crippen molar-refractivity contribution in [2.75, 3.05) is 6.54 Å². The molecule has 0 bridgehead atoms. The van der Waals surface area contributed by atoms with E-state index in [1.165, 1.54) is 0 Å². The summed E-state index contributed by atoms with van der Waals surface area (Å²) in [6, 6.07) is -0.536. The molecule has 0 saturated heterocycles. The number of nitrogens with one attached hydrogen (secondary N) is 1. The van der Waals surface area contributed by atoms with E-state index in [0.29, 0.717) is 11.0 Å². The Morgan fingerprint density at radius 3 is 2.50 bits per heavy atom. The summed E-state index contributed by atoms with van der Waals surface area (Å²) in [5, 5.41) is 2.34. The molecule has 0 heterocycles. The monoisotopic (exact) mass is 178 g/mol. The first kappa shape index (κ1) is 7.49. The highest BCUT2D eigenvalue weighted by Gasteiger charge is 1.88. The summed E-state index contributed by atoms with van der Waals surface area (Å²) in [5.74, 6) is 0. The fraction of sp³-hybridized carbons (Fsp3) is 0.250. The molecule has 3 N–H and O–H groups in total. The fourth-order valence-corrected chi connectivity index (χ4v) is 0.323. The van der Waals surface area contributed by atoms with E-state index in [9.17, 15) is 4.79 Å². The Kier molecular flexibility index (Phi) is 3.26. The van der Waals surface area contributed by atoms with Gasteiger partial charge in [0, 0.05) is 4.48 Å². The SMILES string of the molecule is C=C(Br)CNC(N)=O. The van der Waals surface area contributed by atoms with Crippen molar-refractivity contribution in [3.8, 4) is 0 Å². The summed E-state index contributed by atoms with van der Waals surface area (Å²) in [5.41, 5.74) is 4.73. The van der Waals surface area contributed by atoms with Gasteiger partial charge in [0.05, 0.1) is 6.54 Å². The molecule has 46 valence electrons. The van der Waals surface area contributed by atoms with Crippen LogP contribution in [0, 0.1) is 0 Å². The fourth-order valence-electron chi connectivity index (χ4n) is 0.183. The van der Waals surface area contributed by atoms with Crippen LogP contribution in [0.4, 0.5) is 4.79 Å². The first-order chi connectivity index (χ1) is 3.63. The van der Waals surface area contributed by atoms with Crippen molar-refractivity contribution in [2.45, 2.75) is 0 Å². The van der Waals surface area contributed by atoms with Crippen LogP contribution >= 0.6 is 15.9 Å². The molecular formula is C4H7BrN2O. The van der Waals surface area contributed by atoms with Crippen LogP contribution in [0.5, 0.6) is 0 Å². The maximum absolute atomic E-state index is 9.95. The highest BCUT2D eigenvalue weighted by atomic mass is 79.9. The smallest absolute Gasteiger partial charge is 0.312 e. The Bertz CT molecular complexity index is 98.6. The van der Waals surface area contributed by atoms with Gasteiger partial charge in [-0.05, 0) is 0 Å². The molecule has 0 rings (SSSR count). The summed E-state index contributed by atoms with van der Waals surface area (Å²) in [7, 11) is 0. The zero-order valence-electron chi connectivity index (χ0n) is 4.28. The molecule has 8 heavy (non-hydrogen) atoms. The Labute approximate surface area is 56.1 Å². The van der Waals surface area contributed by atoms with Gasteiger partial charge in [-0.1, -0.05) is 22.5 Å². The highest BCUT2D eigenvalue weighted by molar-refractivity contribution is 9.11. The van der Waals surface area contributed by atoms with E-state index in [4.69, 9.17) is 5.73 Å². The van der Waals surface area contributed by atoms with Gasteiger partial charge in [-0.25, -0.2) is 4.79 Å². The molecule has 0 saturated carbocycles. The van der Waals surface area contributed by atoms with Crippen molar-refractivity contribution in [3.05, 3.63) is 11.1 Å². The second-order valence-corrected chi connectivity index (χ2v) is 2.36. The van der Waals surface area contributed by atoms with E-state index in [-0.39, 0.29) is 0 Å². The molecule has 4 heteroatoms. The van der Waals surface area contributed by atoms with E-state index in [2.05, 4.69) is 27.8 Å². The lowest BCUT2D eigenvalue weighted by atomic mass is 10.6. The molecule has 0 aromatic heterocycles. The second kappa shape index (κ2) is 3.49. The van der Waals surface area contributed by atoms with Gasteiger partial charge < -0.3 is 11.1 Å². The average Bonchev–Trinajstić information content (AvgIpc) is 1.61. The van der Waals surface area contributed by atoms with Gasteiger partial charge in [0.1, 0.15) is 0 Å². The van der Waals surface area contributed by atoms with E-state index < -0.39 is 6.03 Å². The van der Waals surface area contributed by atoms with Gasteiger partial charge in [-0.3, -0.25) is 0 Å². The third-order valence-corrected chi connectivity index (χ3v) is 0.735. The van der Waals surface area contributed by atoms with Crippen LogP contribution in [0.25, 0.3) is 0 Å². The van der Waals surface area contributed by atoms with Crippen LogP contribution in [-0.4, -0.2) is 12.6 Å². The van der Waals surface area contributed by atoms with Gasteiger partial charge in [-0.15, -0.1) is 0 Å². The Hall–Kier alpha value is -0.510. The van der Waals surface area contributed by atoms with Crippen molar-refractivity contribution in [3.63, 3.8) is 0 Å². The number of carbonyl (C=O) groups is 1. The minimum absolute atomic E-state index is 0.384. The van der Waals surface area contributed by atoms with Gasteiger partial charge in [-0.2, -0.15) is 0 Å². The maximum Gasteiger partial charge on any atom is 0.312 e. The van der Waals surface area contributed by atoms with Crippen LogP contribution in [0.1, 0.15) is 0 Å². The molecule has 0 aliphatic carbocycles. The minimum Gasteiger partial charge on any atom is -0.352 e. The zero-order valence-corrected chi connectivity index (χ0v) is 5.86. The van der Waals surface area contributed by atoms with Crippen molar-refractivity contribution >= 4 is 22.0 Å². The lowest BCUT2D eigenvalue weighted by molar-refractivity contribution is 0.250. The number of urea groups is 1. The molecule has 2 amide bonds. The van der Waals surface area contributed by atoms with Crippen molar-refractivity contribution in [1.82, 2.24) is 5.32 Å². The number of hydrogen-bond acceptors (Lipinski definition) is 1. The van der Waals surface area contributed by atoms with E-state index >= 15 is 0 Å². The van der Waals surface area contributed by atoms with Crippen LogP contribution in [-0.2, 0) is 0 Å². The van der Waals surface area contributed by atoms with E-state index in [1.807, 2.05) is 0 Å². The van der Waals surface area contributed by atoms with Crippen molar-refractivity contribution in [2.24, 2.45) is 5.73 Å². The summed E-state index contributed by atoms with van der Waals surface area (Å²) in [6.07, 6.45) is 0. The molecule has 3 nitrogen and oxygen atoms in total. The van der Waals surface area contributed by atoms with Crippen LogP contribution in [0.2, 0.25) is 0 Å². The van der Waals surface area contributed by atoms with Crippen LogP contribution < -0.4 is 11.1 Å². The van der Waals surface area contributed by atoms with Crippen molar-refractivity contribution in [1.29, 1.82) is 0 Å². The molecule has 0 unspecified atom stereocenters. The Morgan fingerprint density at radius 2 is 2.38 bits per heavy atom. The topological polar surface area (TPSA) is 55.1 Å². The molecule has 0 radical (unpaired) electrons. The molecule has 0 atom stereocenters. The van der Waals surface area contributed by atoms with Gasteiger partial charge in [0.25, 0.3) is 0 Å². The normalized spacial score (nSPS) is 8.12. The molecule has 0 aromatic rings. The zero-order chi connectivity index (χ0) is 6.57. The largest absolute Gasteiger partial charge is 0.352 e. The number of amides is 2. The number of halogens is 1. The van der Waals surface area contributed by atoms with Gasteiger partial charge in [0.15, 0.2) is 0 Å².